The van der Waals surface area contributed by atoms with Crippen molar-refractivity contribution in [3.63, 3.8) is 0 Å². The molecule has 0 unspecified atom stereocenters. The van der Waals surface area contributed by atoms with Gasteiger partial charge in [0, 0.05) is 32.2 Å². The van der Waals surface area contributed by atoms with Gasteiger partial charge in [-0.2, -0.15) is 0 Å². The number of anilines is 1. The van der Waals surface area contributed by atoms with Gasteiger partial charge in [0.25, 0.3) is 0 Å². The summed E-state index contributed by atoms with van der Waals surface area (Å²) in [5.74, 6) is 1.81. The van der Waals surface area contributed by atoms with Crippen molar-refractivity contribution in [3.8, 4) is 0 Å². The second-order valence-corrected chi connectivity index (χ2v) is 6.62. The number of piperidine rings is 1. The van der Waals surface area contributed by atoms with Crippen LogP contribution in [0, 0.1) is 5.92 Å². The highest BCUT2D eigenvalue weighted by Gasteiger charge is 2.33. The molecule has 0 amide bonds. The zero-order valence-electron chi connectivity index (χ0n) is 12.9. The van der Waals surface area contributed by atoms with Crippen LogP contribution in [0.25, 0.3) is 11.0 Å². The third kappa shape index (κ3) is 2.48. The molecule has 22 heavy (non-hydrogen) atoms. The van der Waals surface area contributed by atoms with E-state index < -0.39 is 0 Å². The first-order valence-electron chi connectivity index (χ1n) is 8.38. The molecule has 2 aliphatic heterocycles. The molecule has 0 aliphatic carbocycles. The minimum Gasteiger partial charge on any atom is -0.354 e. The predicted octanol–water partition coefficient (Wildman–Crippen LogP) is 2.08. The zero-order valence-corrected chi connectivity index (χ0v) is 12.9. The molecule has 1 aromatic carbocycles. The summed E-state index contributed by atoms with van der Waals surface area (Å²) in [5.41, 5.74) is 6.60. The van der Waals surface area contributed by atoms with Crippen molar-refractivity contribution in [3.05, 3.63) is 24.3 Å². The summed E-state index contributed by atoms with van der Waals surface area (Å²) in [6.45, 7) is 5.25. The van der Waals surface area contributed by atoms with Gasteiger partial charge in [-0.3, -0.25) is 4.90 Å². The second-order valence-electron chi connectivity index (χ2n) is 6.62. The van der Waals surface area contributed by atoms with Gasteiger partial charge in [-0.15, -0.1) is 0 Å². The molecule has 0 saturated carbocycles. The monoisotopic (exact) mass is 300 g/mol. The zero-order chi connectivity index (χ0) is 14.9. The van der Waals surface area contributed by atoms with E-state index in [2.05, 4.69) is 27.1 Å². The van der Waals surface area contributed by atoms with Crippen molar-refractivity contribution in [2.24, 2.45) is 11.7 Å². The number of rotatable bonds is 3. The Labute approximate surface area is 131 Å². The van der Waals surface area contributed by atoms with Crippen molar-refractivity contribution in [1.29, 1.82) is 0 Å². The summed E-state index contributed by atoms with van der Waals surface area (Å²) in [6, 6.07) is 8.79. The number of hydrogen-bond donors (Lipinski definition) is 1. The van der Waals surface area contributed by atoms with Crippen LogP contribution in [0.1, 0.15) is 19.3 Å². The van der Waals surface area contributed by atoms with E-state index in [-0.39, 0.29) is 0 Å². The van der Waals surface area contributed by atoms with Crippen LogP contribution in [0.15, 0.2) is 28.8 Å². The molecule has 118 valence electrons. The summed E-state index contributed by atoms with van der Waals surface area (Å²) < 4.78 is 5.47. The van der Waals surface area contributed by atoms with Crippen molar-refractivity contribution >= 4 is 16.8 Å². The number of nitrogens with two attached hydrogens (primary N) is 1. The van der Waals surface area contributed by atoms with E-state index in [1.54, 1.807) is 0 Å². The van der Waals surface area contributed by atoms with Crippen molar-refractivity contribution in [2.75, 3.05) is 37.6 Å². The van der Waals surface area contributed by atoms with Crippen molar-refractivity contribution < 1.29 is 4.52 Å². The molecule has 4 rings (SSSR count). The Bertz CT molecular complexity index is 640. The lowest BCUT2D eigenvalue weighted by molar-refractivity contribution is 0.0928. The Kier molecular flexibility index (Phi) is 3.76. The molecule has 1 aromatic heterocycles. The van der Waals surface area contributed by atoms with Gasteiger partial charge in [0.1, 0.15) is 0 Å². The molecule has 0 bridgehead atoms. The highest BCUT2D eigenvalue weighted by molar-refractivity contribution is 5.88. The Morgan fingerprint density at radius 1 is 1.18 bits per heavy atom. The smallest absolute Gasteiger partial charge is 0.180 e. The van der Waals surface area contributed by atoms with Crippen molar-refractivity contribution in [2.45, 2.75) is 25.3 Å². The average Bonchev–Trinajstić information content (AvgIpc) is 2.99. The highest BCUT2D eigenvalue weighted by atomic mass is 16.5. The molecule has 0 spiro atoms. The lowest BCUT2D eigenvalue weighted by atomic mass is 9.89. The second kappa shape index (κ2) is 5.89. The molecule has 5 heteroatoms. The fourth-order valence-corrected chi connectivity index (χ4v) is 4.02. The van der Waals surface area contributed by atoms with Gasteiger partial charge in [0.05, 0.1) is 5.39 Å². The Morgan fingerprint density at radius 2 is 2.09 bits per heavy atom. The third-order valence-corrected chi connectivity index (χ3v) is 5.24. The van der Waals surface area contributed by atoms with E-state index in [1.165, 1.54) is 25.8 Å². The summed E-state index contributed by atoms with van der Waals surface area (Å²) in [4.78, 5) is 5.05. The highest BCUT2D eigenvalue weighted by Crippen LogP contribution is 2.31. The first kappa shape index (κ1) is 14.0. The summed E-state index contributed by atoms with van der Waals surface area (Å²) in [6.07, 6.45) is 3.75. The maximum atomic E-state index is 5.72. The molecule has 2 N–H and O–H groups in total. The van der Waals surface area contributed by atoms with Crippen LogP contribution in [0.3, 0.4) is 0 Å². The van der Waals surface area contributed by atoms with Gasteiger partial charge in [-0.25, -0.2) is 0 Å². The fourth-order valence-electron chi connectivity index (χ4n) is 4.02. The topological polar surface area (TPSA) is 58.5 Å². The molecule has 0 radical (unpaired) electrons. The first-order valence-corrected chi connectivity index (χ1v) is 8.38. The number of hydrogen-bond acceptors (Lipinski definition) is 5. The third-order valence-electron chi connectivity index (χ3n) is 5.24. The number of piperazine rings is 1. The number of benzene rings is 1. The maximum absolute atomic E-state index is 5.72. The molecule has 2 aliphatic rings. The van der Waals surface area contributed by atoms with Crippen LogP contribution >= 0.6 is 0 Å². The molecule has 3 heterocycles. The quantitative estimate of drug-likeness (QED) is 0.940. The largest absolute Gasteiger partial charge is 0.354 e. The summed E-state index contributed by atoms with van der Waals surface area (Å²) in [7, 11) is 0. The molecular formula is C17H24N4O. The molecule has 2 aromatic rings. The van der Waals surface area contributed by atoms with E-state index in [1.807, 2.05) is 12.1 Å². The molecule has 2 atom stereocenters. The van der Waals surface area contributed by atoms with Gasteiger partial charge in [-0.05, 0) is 43.9 Å². The van der Waals surface area contributed by atoms with E-state index in [0.29, 0.717) is 6.04 Å². The number of para-hydroxylation sites is 1. The van der Waals surface area contributed by atoms with Crippen LogP contribution < -0.4 is 10.6 Å². The van der Waals surface area contributed by atoms with E-state index in [4.69, 9.17) is 10.3 Å². The average molecular weight is 300 g/mol. The van der Waals surface area contributed by atoms with Crippen molar-refractivity contribution in [1.82, 2.24) is 10.1 Å². The van der Waals surface area contributed by atoms with E-state index in [0.717, 1.165) is 48.9 Å². The van der Waals surface area contributed by atoms with Gasteiger partial charge < -0.3 is 15.2 Å². The summed E-state index contributed by atoms with van der Waals surface area (Å²) >= 11 is 0. The number of nitrogens with zero attached hydrogens (tertiary/aromatic N) is 3. The maximum Gasteiger partial charge on any atom is 0.180 e. The Morgan fingerprint density at radius 3 is 3.00 bits per heavy atom. The molecular weight excluding hydrogens is 276 g/mol. The molecule has 2 saturated heterocycles. The van der Waals surface area contributed by atoms with Crippen LogP contribution in [-0.4, -0.2) is 48.8 Å². The number of aromatic nitrogens is 1. The predicted molar refractivity (Wildman–Crippen MR) is 88.0 cm³/mol. The van der Waals surface area contributed by atoms with Gasteiger partial charge in [-0.1, -0.05) is 17.3 Å². The SMILES string of the molecule is NCC[C@@H]1CC[C@@H]2CN(c3noc4ccccc34)CCN2C1. The van der Waals surface area contributed by atoms with Crippen LogP contribution in [-0.2, 0) is 0 Å². The van der Waals surface area contributed by atoms with E-state index >= 15 is 0 Å². The molecule has 2 fully saturated rings. The van der Waals surface area contributed by atoms with Crippen LogP contribution in [0.2, 0.25) is 0 Å². The Hall–Kier alpha value is -1.59. The van der Waals surface area contributed by atoms with Gasteiger partial charge in [0.15, 0.2) is 11.4 Å². The minimum absolute atomic E-state index is 0.651. The normalized spacial score (nSPS) is 26.3. The van der Waals surface area contributed by atoms with Crippen LogP contribution in [0.5, 0.6) is 0 Å². The van der Waals surface area contributed by atoms with Crippen LogP contribution in [0.4, 0.5) is 5.82 Å². The lowest BCUT2D eigenvalue weighted by Gasteiger charge is -2.46. The van der Waals surface area contributed by atoms with E-state index in [9.17, 15) is 0 Å². The van der Waals surface area contributed by atoms with Gasteiger partial charge in [0.2, 0.25) is 0 Å². The summed E-state index contributed by atoms with van der Waals surface area (Å²) in [5, 5.41) is 5.45. The standard InChI is InChI=1S/C17H24N4O/c18-8-7-13-5-6-14-12-21(10-9-20(14)11-13)17-15-3-1-2-4-16(15)22-19-17/h1-4,13-14H,5-12,18H2/t13-,14+/m0/s1. The Balaban J connectivity index is 1.49. The first-order chi connectivity index (χ1) is 10.8. The fraction of sp³-hybridized carbons (Fsp3) is 0.588. The molecule has 5 nitrogen and oxygen atoms in total. The lowest BCUT2D eigenvalue weighted by Crippen LogP contribution is -2.56. The minimum atomic E-state index is 0.651. The number of fused-ring (bicyclic) bond motifs is 2. The van der Waals surface area contributed by atoms with Gasteiger partial charge >= 0.3 is 0 Å².